The van der Waals surface area contributed by atoms with Crippen molar-refractivity contribution in [2.75, 3.05) is 0 Å². The average Bonchev–Trinajstić information content (AvgIpc) is 3.02. The van der Waals surface area contributed by atoms with E-state index >= 15 is 0 Å². The zero-order valence-corrected chi connectivity index (χ0v) is 13.8. The first-order valence-corrected chi connectivity index (χ1v) is 7.89. The molecule has 23 heavy (non-hydrogen) atoms. The first-order valence-electron chi connectivity index (χ1n) is 7.10. The van der Waals surface area contributed by atoms with E-state index in [2.05, 4.69) is 31.4 Å². The molecule has 0 bridgehead atoms. The zero-order chi connectivity index (χ0) is 16.1. The van der Waals surface area contributed by atoms with Gasteiger partial charge in [0.2, 0.25) is 5.89 Å². The molecule has 0 saturated heterocycles. The van der Waals surface area contributed by atoms with Crippen LogP contribution in [0.5, 0.6) is 0 Å². The highest BCUT2D eigenvalue weighted by Gasteiger charge is 2.10. The van der Waals surface area contributed by atoms with Gasteiger partial charge in [-0.05, 0) is 29.8 Å². The molecular formula is C17H14BrN3O2. The Morgan fingerprint density at radius 3 is 2.57 bits per heavy atom. The van der Waals surface area contributed by atoms with E-state index in [1.54, 1.807) is 12.1 Å². The minimum absolute atomic E-state index is 0.174. The molecule has 3 rings (SSSR count). The Morgan fingerprint density at radius 2 is 1.83 bits per heavy atom. The molecule has 0 aliphatic rings. The lowest BCUT2D eigenvalue weighted by Gasteiger charge is -2.02. The Labute approximate surface area is 141 Å². The number of carbonyl (C=O) groups excluding carboxylic acids is 1. The number of nitrogens with one attached hydrogen (secondary N) is 1. The molecule has 0 saturated carbocycles. The van der Waals surface area contributed by atoms with Crippen molar-refractivity contribution in [1.29, 1.82) is 0 Å². The molecule has 0 atom stereocenters. The number of halogens is 1. The van der Waals surface area contributed by atoms with E-state index in [0.717, 1.165) is 10.0 Å². The van der Waals surface area contributed by atoms with Gasteiger partial charge in [-0.2, -0.15) is 4.98 Å². The van der Waals surface area contributed by atoms with E-state index in [4.69, 9.17) is 4.52 Å². The number of benzene rings is 2. The van der Waals surface area contributed by atoms with Gasteiger partial charge >= 0.3 is 0 Å². The fourth-order valence-electron chi connectivity index (χ4n) is 2.07. The predicted molar refractivity (Wildman–Crippen MR) is 88.9 cm³/mol. The average molecular weight is 372 g/mol. The van der Waals surface area contributed by atoms with Crippen molar-refractivity contribution in [1.82, 2.24) is 15.5 Å². The lowest BCUT2D eigenvalue weighted by atomic mass is 10.1. The van der Waals surface area contributed by atoms with E-state index in [1.165, 1.54) is 0 Å². The summed E-state index contributed by atoms with van der Waals surface area (Å²) in [5, 5.41) is 6.66. The van der Waals surface area contributed by atoms with Crippen LogP contribution >= 0.6 is 15.9 Å². The van der Waals surface area contributed by atoms with Crippen molar-refractivity contribution in [2.24, 2.45) is 0 Å². The topological polar surface area (TPSA) is 68.0 Å². The van der Waals surface area contributed by atoms with Crippen molar-refractivity contribution >= 4 is 21.8 Å². The third-order valence-electron chi connectivity index (χ3n) is 3.22. The first kappa shape index (κ1) is 15.4. The van der Waals surface area contributed by atoms with Gasteiger partial charge in [0.05, 0.1) is 13.0 Å². The highest BCUT2D eigenvalue weighted by Crippen LogP contribution is 2.11. The molecule has 1 heterocycles. The third-order valence-corrected chi connectivity index (χ3v) is 3.75. The Balaban J connectivity index is 1.57. The van der Waals surface area contributed by atoms with Gasteiger partial charge in [-0.3, -0.25) is 4.79 Å². The van der Waals surface area contributed by atoms with E-state index in [9.17, 15) is 4.79 Å². The van der Waals surface area contributed by atoms with Crippen LogP contribution in [-0.4, -0.2) is 16.0 Å². The SMILES string of the molecule is O=C(NCc1noc(Cc2ccccc2)n1)c1ccc(Br)cc1. The van der Waals surface area contributed by atoms with Gasteiger partial charge in [0.15, 0.2) is 5.82 Å². The molecule has 0 spiro atoms. The minimum Gasteiger partial charge on any atom is -0.345 e. The van der Waals surface area contributed by atoms with Crippen LogP contribution in [0, 0.1) is 0 Å². The second kappa shape index (κ2) is 7.19. The fraction of sp³-hybridized carbons (Fsp3) is 0.118. The molecule has 2 aromatic carbocycles. The molecule has 116 valence electrons. The maximum Gasteiger partial charge on any atom is 0.251 e. The van der Waals surface area contributed by atoms with Gasteiger partial charge in [-0.25, -0.2) is 0 Å². The van der Waals surface area contributed by atoms with Crippen LogP contribution in [0.1, 0.15) is 27.6 Å². The van der Waals surface area contributed by atoms with Gasteiger partial charge in [0.1, 0.15) is 0 Å². The van der Waals surface area contributed by atoms with Gasteiger partial charge < -0.3 is 9.84 Å². The maximum atomic E-state index is 12.0. The summed E-state index contributed by atoms with van der Waals surface area (Å²) in [5.41, 5.74) is 1.68. The lowest BCUT2D eigenvalue weighted by molar-refractivity contribution is 0.0949. The summed E-state index contributed by atoms with van der Waals surface area (Å²) in [4.78, 5) is 16.3. The monoisotopic (exact) mass is 371 g/mol. The third kappa shape index (κ3) is 4.26. The first-order chi connectivity index (χ1) is 11.2. The molecular weight excluding hydrogens is 358 g/mol. The van der Waals surface area contributed by atoms with Crippen molar-refractivity contribution in [2.45, 2.75) is 13.0 Å². The maximum absolute atomic E-state index is 12.0. The highest BCUT2D eigenvalue weighted by molar-refractivity contribution is 9.10. The molecule has 5 nitrogen and oxygen atoms in total. The fourth-order valence-corrected chi connectivity index (χ4v) is 2.33. The smallest absolute Gasteiger partial charge is 0.251 e. The van der Waals surface area contributed by atoms with Crippen molar-refractivity contribution in [3.05, 3.63) is 81.9 Å². The number of hydrogen-bond acceptors (Lipinski definition) is 4. The molecule has 1 amide bonds. The second-order valence-corrected chi connectivity index (χ2v) is 5.87. The summed E-state index contributed by atoms with van der Waals surface area (Å²) >= 11 is 3.34. The number of carbonyl (C=O) groups is 1. The van der Waals surface area contributed by atoms with Gasteiger partial charge in [-0.1, -0.05) is 51.4 Å². The van der Waals surface area contributed by atoms with E-state index in [1.807, 2.05) is 42.5 Å². The molecule has 1 aromatic heterocycles. The summed E-state index contributed by atoms with van der Waals surface area (Å²) in [6.07, 6.45) is 0.578. The van der Waals surface area contributed by atoms with Crippen LogP contribution in [0.3, 0.4) is 0 Å². The summed E-state index contributed by atoms with van der Waals surface area (Å²) in [6.45, 7) is 0.229. The van der Waals surface area contributed by atoms with Crippen molar-refractivity contribution in [3.63, 3.8) is 0 Å². The van der Waals surface area contributed by atoms with Crippen molar-refractivity contribution in [3.8, 4) is 0 Å². The molecule has 0 radical (unpaired) electrons. The lowest BCUT2D eigenvalue weighted by Crippen LogP contribution is -2.23. The van der Waals surface area contributed by atoms with Crippen LogP contribution in [0.2, 0.25) is 0 Å². The highest BCUT2D eigenvalue weighted by atomic mass is 79.9. The Hall–Kier alpha value is -2.47. The summed E-state index contributed by atoms with van der Waals surface area (Å²) in [6, 6.07) is 17.0. The zero-order valence-electron chi connectivity index (χ0n) is 12.2. The summed E-state index contributed by atoms with van der Waals surface area (Å²) in [5.74, 6) is 0.817. The molecule has 1 N–H and O–H groups in total. The largest absolute Gasteiger partial charge is 0.345 e. The van der Waals surface area contributed by atoms with Crippen LogP contribution < -0.4 is 5.32 Å². The normalized spacial score (nSPS) is 10.5. The van der Waals surface area contributed by atoms with Gasteiger partial charge in [0.25, 0.3) is 5.91 Å². The standard InChI is InChI=1S/C17H14BrN3O2/c18-14-8-6-13(7-9-14)17(22)19-11-15-20-16(23-21-15)10-12-4-2-1-3-5-12/h1-9H,10-11H2,(H,19,22). The Bertz CT molecular complexity index is 785. The molecule has 3 aromatic rings. The van der Waals surface area contributed by atoms with Crippen LogP contribution in [0.15, 0.2) is 63.6 Å². The number of amides is 1. The Kier molecular flexibility index (Phi) is 4.83. The van der Waals surface area contributed by atoms with E-state index in [0.29, 0.717) is 23.7 Å². The van der Waals surface area contributed by atoms with Crippen LogP contribution in [0.25, 0.3) is 0 Å². The van der Waals surface area contributed by atoms with Crippen LogP contribution in [0.4, 0.5) is 0 Å². The molecule has 0 aliphatic carbocycles. The van der Waals surface area contributed by atoms with Gasteiger partial charge in [-0.15, -0.1) is 0 Å². The number of hydrogen-bond donors (Lipinski definition) is 1. The summed E-state index contributed by atoms with van der Waals surface area (Å²) in [7, 11) is 0. The minimum atomic E-state index is -0.174. The molecule has 0 unspecified atom stereocenters. The molecule has 0 fully saturated rings. The van der Waals surface area contributed by atoms with Crippen molar-refractivity contribution < 1.29 is 9.32 Å². The Morgan fingerprint density at radius 1 is 1.09 bits per heavy atom. The molecule has 0 aliphatic heterocycles. The van der Waals surface area contributed by atoms with E-state index in [-0.39, 0.29) is 12.5 Å². The summed E-state index contributed by atoms with van der Waals surface area (Å²) < 4.78 is 6.13. The number of rotatable bonds is 5. The number of aromatic nitrogens is 2. The number of nitrogens with zero attached hydrogens (tertiary/aromatic N) is 2. The molecule has 6 heteroatoms. The van der Waals surface area contributed by atoms with Gasteiger partial charge in [0, 0.05) is 10.0 Å². The quantitative estimate of drug-likeness (QED) is 0.746. The second-order valence-electron chi connectivity index (χ2n) is 4.96. The predicted octanol–water partition coefficient (Wildman–Crippen LogP) is 3.35. The van der Waals surface area contributed by atoms with E-state index < -0.39 is 0 Å². The van der Waals surface area contributed by atoms with Crippen LogP contribution in [-0.2, 0) is 13.0 Å².